The molecule has 0 radical (unpaired) electrons. The summed E-state index contributed by atoms with van der Waals surface area (Å²) in [6, 6.07) is 7.08. The van der Waals surface area contributed by atoms with Crippen molar-refractivity contribution in [3.8, 4) is 0 Å². The lowest BCUT2D eigenvalue weighted by molar-refractivity contribution is 0.0987. The van der Waals surface area contributed by atoms with Gasteiger partial charge in [-0.3, -0.25) is 4.79 Å². The van der Waals surface area contributed by atoms with Crippen LogP contribution in [0.1, 0.15) is 10.4 Å². The molecule has 2 aromatic rings. The number of hydrogen-bond donors (Lipinski definition) is 0. The molecule has 0 aliphatic carbocycles. The van der Waals surface area contributed by atoms with Crippen molar-refractivity contribution in [1.29, 1.82) is 0 Å². The third-order valence-corrected chi connectivity index (χ3v) is 5.04. The lowest BCUT2D eigenvalue weighted by Gasteiger charge is -2.29. The van der Waals surface area contributed by atoms with Crippen molar-refractivity contribution in [2.75, 3.05) is 17.2 Å². The highest BCUT2D eigenvalue weighted by Crippen LogP contribution is 2.37. The van der Waals surface area contributed by atoms with Gasteiger partial charge in [0.2, 0.25) is 0 Å². The molecule has 1 aromatic heterocycles. The smallest absolute Gasteiger partial charge is 0.259 e. The van der Waals surface area contributed by atoms with Crippen LogP contribution in [-0.2, 0) is 0 Å². The summed E-state index contributed by atoms with van der Waals surface area (Å²) in [6.07, 6.45) is 1.43. The number of nitrogens with zero attached hydrogens (tertiary/aromatic N) is 2. The number of amides is 1. The fraction of sp³-hybridized carbons (Fsp3) is 0.143. The summed E-state index contributed by atoms with van der Waals surface area (Å²) < 4.78 is 0. The highest BCUT2D eigenvalue weighted by Gasteiger charge is 2.25. The second kappa shape index (κ2) is 6.05. The van der Waals surface area contributed by atoms with E-state index in [9.17, 15) is 4.79 Å². The zero-order chi connectivity index (χ0) is 15.0. The van der Waals surface area contributed by atoms with Crippen molar-refractivity contribution >= 4 is 58.2 Å². The first-order chi connectivity index (χ1) is 10.1. The minimum Gasteiger partial charge on any atom is -0.306 e. The van der Waals surface area contributed by atoms with Crippen molar-refractivity contribution in [2.45, 2.75) is 4.90 Å². The standard InChI is InChI=1S/C14H9Cl3N2OS/c15-9-1-2-12-11(6-9)19(3-4-21-12)14(20)8-5-10(16)13(17)18-7-8/h1-2,5-7H,3-4H2. The maximum atomic E-state index is 12.7. The van der Waals surface area contributed by atoms with Crippen molar-refractivity contribution in [3.05, 3.63) is 51.2 Å². The molecule has 0 spiro atoms. The molecule has 3 rings (SSSR count). The highest BCUT2D eigenvalue weighted by atomic mass is 35.5. The van der Waals surface area contributed by atoms with Gasteiger partial charge in [0.1, 0.15) is 5.15 Å². The van der Waals surface area contributed by atoms with Crippen LogP contribution in [0.5, 0.6) is 0 Å². The molecule has 0 fully saturated rings. The van der Waals surface area contributed by atoms with Crippen LogP contribution in [0.25, 0.3) is 0 Å². The van der Waals surface area contributed by atoms with Crippen molar-refractivity contribution in [2.24, 2.45) is 0 Å². The molecule has 0 unspecified atom stereocenters. The summed E-state index contributed by atoms with van der Waals surface area (Å²) in [4.78, 5) is 19.3. The molecule has 0 atom stereocenters. The zero-order valence-corrected chi connectivity index (χ0v) is 13.7. The minimum atomic E-state index is -0.162. The first-order valence-corrected chi connectivity index (χ1v) is 8.23. The van der Waals surface area contributed by atoms with Gasteiger partial charge >= 0.3 is 0 Å². The molecule has 7 heteroatoms. The molecular weight excluding hydrogens is 351 g/mol. The molecular formula is C14H9Cl3N2OS. The summed E-state index contributed by atoms with van der Waals surface area (Å²) >= 11 is 19.5. The van der Waals surface area contributed by atoms with Gasteiger partial charge in [0.05, 0.1) is 16.3 Å². The maximum Gasteiger partial charge on any atom is 0.259 e. The number of hydrogen-bond acceptors (Lipinski definition) is 3. The highest BCUT2D eigenvalue weighted by molar-refractivity contribution is 7.99. The monoisotopic (exact) mass is 358 g/mol. The molecule has 0 N–H and O–H groups in total. The van der Waals surface area contributed by atoms with Crippen molar-refractivity contribution in [3.63, 3.8) is 0 Å². The van der Waals surface area contributed by atoms with E-state index >= 15 is 0 Å². The Balaban J connectivity index is 1.99. The summed E-state index contributed by atoms with van der Waals surface area (Å²) in [7, 11) is 0. The van der Waals surface area contributed by atoms with E-state index in [1.807, 2.05) is 12.1 Å². The average Bonchev–Trinajstić information content (AvgIpc) is 2.48. The fourth-order valence-electron chi connectivity index (χ4n) is 2.10. The molecule has 1 aliphatic heterocycles. The van der Waals surface area contributed by atoms with E-state index in [0.29, 0.717) is 17.1 Å². The Kier molecular flexibility index (Phi) is 4.31. The molecule has 3 nitrogen and oxygen atoms in total. The van der Waals surface area contributed by atoms with Gasteiger partial charge in [0.15, 0.2) is 0 Å². The average molecular weight is 360 g/mol. The SMILES string of the molecule is O=C(c1cnc(Cl)c(Cl)c1)N1CCSc2ccc(Cl)cc21. The summed E-state index contributed by atoms with van der Waals surface area (Å²) in [5.74, 6) is 0.666. The molecule has 1 amide bonds. The molecule has 108 valence electrons. The molecule has 0 saturated carbocycles. The fourth-order valence-corrected chi connectivity index (χ4v) is 3.51. The number of carbonyl (C=O) groups excluding carboxylic acids is 1. The number of thioether (sulfide) groups is 1. The predicted molar refractivity (Wildman–Crippen MR) is 88.1 cm³/mol. The number of anilines is 1. The summed E-state index contributed by atoms with van der Waals surface area (Å²) in [6.45, 7) is 0.608. The second-order valence-corrected chi connectivity index (χ2v) is 6.75. The lowest BCUT2D eigenvalue weighted by Crippen LogP contribution is -2.35. The van der Waals surface area contributed by atoms with Crippen LogP contribution in [0.15, 0.2) is 35.4 Å². The van der Waals surface area contributed by atoms with Gasteiger partial charge in [-0.2, -0.15) is 0 Å². The second-order valence-electron chi connectivity index (χ2n) is 4.41. The summed E-state index contributed by atoms with van der Waals surface area (Å²) in [5, 5.41) is 1.05. The topological polar surface area (TPSA) is 33.2 Å². The number of benzene rings is 1. The van der Waals surface area contributed by atoms with Crippen LogP contribution >= 0.6 is 46.6 Å². The normalized spacial score (nSPS) is 14.0. The Morgan fingerprint density at radius 3 is 2.81 bits per heavy atom. The molecule has 1 aromatic carbocycles. The Morgan fingerprint density at radius 2 is 2.05 bits per heavy atom. The van der Waals surface area contributed by atoms with E-state index in [0.717, 1.165) is 16.3 Å². The van der Waals surface area contributed by atoms with Crippen LogP contribution in [0, 0.1) is 0 Å². The van der Waals surface area contributed by atoms with E-state index in [-0.39, 0.29) is 16.1 Å². The maximum absolute atomic E-state index is 12.7. The van der Waals surface area contributed by atoms with Gasteiger partial charge in [0, 0.05) is 28.4 Å². The number of pyridine rings is 1. The minimum absolute atomic E-state index is 0.162. The molecule has 0 saturated heterocycles. The number of halogens is 3. The van der Waals surface area contributed by atoms with Gasteiger partial charge in [-0.05, 0) is 24.3 Å². The summed E-state index contributed by atoms with van der Waals surface area (Å²) in [5.41, 5.74) is 1.22. The Hall–Kier alpha value is -0.940. The number of carbonyl (C=O) groups is 1. The van der Waals surface area contributed by atoms with Crippen LogP contribution in [-0.4, -0.2) is 23.2 Å². The molecule has 0 bridgehead atoms. The van der Waals surface area contributed by atoms with Crippen LogP contribution in [0.2, 0.25) is 15.2 Å². The van der Waals surface area contributed by atoms with Gasteiger partial charge in [-0.15, -0.1) is 11.8 Å². The van der Waals surface area contributed by atoms with Crippen LogP contribution in [0.4, 0.5) is 5.69 Å². The van der Waals surface area contributed by atoms with E-state index in [4.69, 9.17) is 34.8 Å². The first-order valence-electron chi connectivity index (χ1n) is 6.11. The van der Waals surface area contributed by atoms with E-state index in [2.05, 4.69) is 4.98 Å². The first kappa shape index (κ1) is 15.0. The van der Waals surface area contributed by atoms with Crippen molar-refractivity contribution in [1.82, 2.24) is 4.98 Å². The quantitative estimate of drug-likeness (QED) is 0.686. The van der Waals surface area contributed by atoms with Gasteiger partial charge < -0.3 is 4.90 Å². The molecule has 2 heterocycles. The van der Waals surface area contributed by atoms with E-state index in [1.54, 1.807) is 22.7 Å². The van der Waals surface area contributed by atoms with E-state index in [1.165, 1.54) is 12.3 Å². The Bertz CT molecular complexity index is 723. The van der Waals surface area contributed by atoms with Crippen LogP contribution < -0.4 is 4.90 Å². The third kappa shape index (κ3) is 2.99. The molecule has 21 heavy (non-hydrogen) atoms. The predicted octanol–water partition coefficient (Wildman–Crippen LogP) is 4.79. The third-order valence-electron chi connectivity index (χ3n) is 3.07. The Labute approximate surface area is 141 Å². The molecule has 1 aliphatic rings. The number of rotatable bonds is 1. The van der Waals surface area contributed by atoms with Gasteiger partial charge in [0.25, 0.3) is 5.91 Å². The number of aromatic nitrogens is 1. The van der Waals surface area contributed by atoms with Crippen molar-refractivity contribution < 1.29 is 4.79 Å². The van der Waals surface area contributed by atoms with Gasteiger partial charge in [-0.1, -0.05) is 34.8 Å². The van der Waals surface area contributed by atoms with Crippen LogP contribution in [0.3, 0.4) is 0 Å². The van der Waals surface area contributed by atoms with Gasteiger partial charge in [-0.25, -0.2) is 4.98 Å². The largest absolute Gasteiger partial charge is 0.306 e. The Morgan fingerprint density at radius 1 is 1.24 bits per heavy atom. The van der Waals surface area contributed by atoms with E-state index < -0.39 is 0 Å². The number of fused-ring (bicyclic) bond motifs is 1. The zero-order valence-electron chi connectivity index (χ0n) is 10.6. The lowest BCUT2D eigenvalue weighted by atomic mass is 10.2.